The number of imidazole rings is 1. The first-order valence-corrected chi connectivity index (χ1v) is 6.11. The summed E-state index contributed by atoms with van der Waals surface area (Å²) in [6, 6.07) is 0. The number of carbonyl (C=O) groups excluding carboxylic acids is 1. The van der Waals surface area contributed by atoms with E-state index >= 15 is 0 Å². The molecule has 2 N–H and O–H groups in total. The van der Waals surface area contributed by atoms with Crippen molar-refractivity contribution in [1.82, 2.24) is 14.7 Å². The average molecular weight is 253 g/mol. The zero-order valence-corrected chi connectivity index (χ0v) is 10.8. The molecule has 0 radical (unpaired) electrons. The van der Waals surface area contributed by atoms with Gasteiger partial charge in [-0.05, 0) is 20.8 Å². The van der Waals surface area contributed by atoms with Crippen LogP contribution in [0.25, 0.3) is 4.96 Å². The van der Waals surface area contributed by atoms with Gasteiger partial charge in [-0.25, -0.2) is 4.98 Å². The summed E-state index contributed by atoms with van der Waals surface area (Å²) < 4.78 is 1.83. The maximum absolute atomic E-state index is 11.9. The van der Waals surface area contributed by atoms with Crippen molar-refractivity contribution >= 4 is 22.2 Å². The molecule has 17 heavy (non-hydrogen) atoms. The van der Waals surface area contributed by atoms with E-state index in [9.17, 15) is 4.79 Å². The second-order valence-electron chi connectivity index (χ2n) is 4.65. The highest BCUT2D eigenvalue weighted by Crippen LogP contribution is 2.16. The van der Waals surface area contributed by atoms with Crippen LogP contribution in [0.2, 0.25) is 0 Å². The minimum Gasteiger partial charge on any atom is -0.394 e. The lowest BCUT2D eigenvalue weighted by Crippen LogP contribution is -2.46. The quantitative estimate of drug-likeness (QED) is 0.864. The number of thiazole rings is 1. The van der Waals surface area contributed by atoms with Crippen LogP contribution in [-0.2, 0) is 0 Å². The highest BCUT2D eigenvalue weighted by atomic mass is 32.1. The number of amides is 1. The number of aryl methyl sites for hydroxylation is 1. The van der Waals surface area contributed by atoms with Crippen LogP contribution in [0.4, 0.5) is 0 Å². The van der Waals surface area contributed by atoms with Crippen LogP contribution in [-0.4, -0.2) is 32.5 Å². The lowest BCUT2D eigenvalue weighted by atomic mass is 10.1. The molecule has 0 aliphatic rings. The summed E-state index contributed by atoms with van der Waals surface area (Å²) in [6.07, 6.45) is 3.63. The number of carbonyl (C=O) groups is 1. The van der Waals surface area contributed by atoms with Crippen molar-refractivity contribution in [2.45, 2.75) is 26.3 Å². The van der Waals surface area contributed by atoms with Gasteiger partial charge >= 0.3 is 0 Å². The van der Waals surface area contributed by atoms with Gasteiger partial charge in [0.1, 0.15) is 5.69 Å². The van der Waals surface area contributed by atoms with Gasteiger partial charge < -0.3 is 10.4 Å². The van der Waals surface area contributed by atoms with Crippen molar-refractivity contribution < 1.29 is 9.90 Å². The Hall–Kier alpha value is -1.40. The van der Waals surface area contributed by atoms with E-state index in [2.05, 4.69) is 10.3 Å². The van der Waals surface area contributed by atoms with E-state index in [1.165, 1.54) is 11.3 Å². The summed E-state index contributed by atoms with van der Waals surface area (Å²) in [4.78, 5) is 18.1. The molecule has 0 fully saturated rings. The van der Waals surface area contributed by atoms with Gasteiger partial charge in [-0.1, -0.05) is 0 Å². The van der Waals surface area contributed by atoms with Crippen LogP contribution in [0, 0.1) is 6.92 Å². The number of rotatable bonds is 3. The van der Waals surface area contributed by atoms with E-state index in [-0.39, 0.29) is 12.5 Å². The third-order valence-corrected chi connectivity index (χ3v) is 3.26. The fraction of sp³-hybridized carbons (Fsp3) is 0.455. The summed E-state index contributed by atoms with van der Waals surface area (Å²) in [7, 11) is 0. The molecule has 1 amide bonds. The second kappa shape index (κ2) is 4.12. The Morgan fingerprint density at radius 1 is 1.59 bits per heavy atom. The van der Waals surface area contributed by atoms with Crippen LogP contribution < -0.4 is 5.32 Å². The number of hydrogen-bond donors (Lipinski definition) is 2. The first-order chi connectivity index (χ1) is 7.91. The van der Waals surface area contributed by atoms with Gasteiger partial charge in [0.25, 0.3) is 5.91 Å². The van der Waals surface area contributed by atoms with E-state index in [0.717, 1.165) is 9.84 Å². The minimum absolute atomic E-state index is 0.111. The van der Waals surface area contributed by atoms with Gasteiger partial charge in [-0.3, -0.25) is 9.20 Å². The Balaban J connectivity index is 2.22. The highest BCUT2D eigenvalue weighted by Gasteiger charge is 2.21. The van der Waals surface area contributed by atoms with Gasteiger partial charge in [-0.2, -0.15) is 0 Å². The molecular weight excluding hydrogens is 238 g/mol. The molecule has 5 nitrogen and oxygen atoms in total. The van der Waals surface area contributed by atoms with E-state index in [1.807, 2.05) is 17.5 Å². The van der Waals surface area contributed by atoms with E-state index < -0.39 is 5.54 Å². The smallest absolute Gasteiger partial charge is 0.272 e. The van der Waals surface area contributed by atoms with Crippen LogP contribution in [0.5, 0.6) is 0 Å². The average Bonchev–Trinajstić information content (AvgIpc) is 2.74. The molecule has 0 saturated carbocycles. The lowest BCUT2D eigenvalue weighted by molar-refractivity contribution is 0.0865. The van der Waals surface area contributed by atoms with Crippen molar-refractivity contribution in [3.05, 3.63) is 23.0 Å². The zero-order valence-electron chi connectivity index (χ0n) is 10.0. The van der Waals surface area contributed by atoms with E-state index in [1.54, 1.807) is 20.0 Å². The molecular formula is C11H15N3O2S. The number of nitrogens with one attached hydrogen (secondary N) is 1. The lowest BCUT2D eigenvalue weighted by Gasteiger charge is -2.22. The van der Waals surface area contributed by atoms with E-state index in [0.29, 0.717) is 5.69 Å². The molecule has 0 aromatic carbocycles. The Kier molecular flexibility index (Phi) is 2.92. The maximum Gasteiger partial charge on any atom is 0.272 e. The summed E-state index contributed by atoms with van der Waals surface area (Å²) in [5.74, 6) is -0.266. The van der Waals surface area contributed by atoms with Crippen molar-refractivity contribution in [2.75, 3.05) is 6.61 Å². The summed E-state index contributed by atoms with van der Waals surface area (Å²) in [6.45, 7) is 5.40. The normalized spacial score (nSPS) is 12.0. The minimum atomic E-state index is -0.635. The molecule has 2 rings (SSSR count). The maximum atomic E-state index is 11.9. The molecule has 92 valence electrons. The zero-order chi connectivity index (χ0) is 12.6. The number of aliphatic hydroxyl groups is 1. The van der Waals surface area contributed by atoms with Gasteiger partial charge in [0.05, 0.1) is 12.1 Å². The van der Waals surface area contributed by atoms with Gasteiger partial charge in [-0.15, -0.1) is 11.3 Å². The monoisotopic (exact) mass is 253 g/mol. The van der Waals surface area contributed by atoms with Crippen molar-refractivity contribution in [3.63, 3.8) is 0 Å². The molecule has 0 aliphatic carbocycles. The molecule has 0 aliphatic heterocycles. The largest absolute Gasteiger partial charge is 0.394 e. The molecule has 2 aromatic heterocycles. The number of nitrogens with zero attached hydrogens (tertiary/aromatic N) is 2. The molecule has 0 bridgehead atoms. The van der Waals surface area contributed by atoms with Crippen molar-refractivity contribution in [3.8, 4) is 0 Å². The Morgan fingerprint density at radius 2 is 2.29 bits per heavy atom. The van der Waals surface area contributed by atoms with E-state index in [4.69, 9.17) is 5.11 Å². The molecule has 0 atom stereocenters. The Labute approximate surface area is 103 Å². The number of aliphatic hydroxyl groups excluding tert-OH is 1. The van der Waals surface area contributed by atoms with Crippen molar-refractivity contribution in [1.29, 1.82) is 0 Å². The molecule has 2 aromatic rings. The first kappa shape index (κ1) is 12.1. The van der Waals surface area contributed by atoms with Crippen molar-refractivity contribution in [2.24, 2.45) is 0 Å². The summed E-state index contributed by atoms with van der Waals surface area (Å²) >= 11 is 1.54. The van der Waals surface area contributed by atoms with Crippen LogP contribution >= 0.6 is 11.3 Å². The fourth-order valence-corrected chi connectivity index (χ4v) is 2.24. The SMILES string of the molecule is Cc1cn2cc(C(=O)NC(C)(C)CO)nc2s1. The molecule has 0 unspecified atom stereocenters. The predicted octanol–water partition coefficient (Wildman–Crippen LogP) is 1.20. The molecule has 0 saturated heterocycles. The Bertz CT molecular complexity index is 525. The predicted molar refractivity (Wildman–Crippen MR) is 66.4 cm³/mol. The highest BCUT2D eigenvalue weighted by molar-refractivity contribution is 7.17. The Morgan fingerprint density at radius 3 is 2.88 bits per heavy atom. The molecule has 6 heteroatoms. The van der Waals surface area contributed by atoms with Gasteiger partial charge in [0, 0.05) is 17.3 Å². The fourth-order valence-electron chi connectivity index (χ4n) is 1.43. The van der Waals surface area contributed by atoms with Crippen LogP contribution in [0.3, 0.4) is 0 Å². The van der Waals surface area contributed by atoms with Crippen LogP contribution in [0.15, 0.2) is 12.4 Å². The molecule has 2 heterocycles. The topological polar surface area (TPSA) is 66.6 Å². The van der Waals surface area contributed by atoms with Gasteiger partial charge in [0.15, 0.2) is 4.96 Å². The molecule has 0 spiro atoms. The number of hydrogen-bond acceptors (Lipinski definition) is 4. The van der Waals surface area contributed by atoms with Crippen LogP contribution in [0.1, 0.15) is 29.2 Å². The van der Waals surface area contributed by atoms with Gasteiger partial charge in [0.2, 0.25) is 0 Å². The summed E-state index contributed by atoms with van der Waals surface area (Å²) in [5.41, 5.74) is -0.262. The number of aromatic nitrogens is 2. The third kappa shape index (κ3) is 2.48. The first-order valence-electron chi connectivity index (χ1n) is 5.30. The summed E-state index contributed by atoms with van der Waals surface area (Å²) in [5, 5.41) is 11.8. The third-order valence-electron chi connectivity index (χ3n) is 2.35. The number of fused-ring (bicyclic) bond motifs is 1. The standard InChI is InChI=1S/C11H15N3O2S/c1-7-4-14-5-8(12-10(14)17-7)9(16)13-11(2,3)6-15/h4-5,15H,6H2,1-3H3,(H,13,16). The second-order valence-corrected chi connectivity index (χ2v) is 5.87.